The Balaban J connectivity index is 1.58. The van der Waals surface area contributed by atoms with Crippen LogP contribution in [0, 0.1) is 5.92 Å². The van der Waals surface area contributed by atoms with E-state index in [-0.39, 0.29) is 6.03 Å². The summed E-state index contributed by atoms with van der Waals surface area (Å²) in [7, 11) is 1.59. The van der Waals surface area contributed by atoms with Crippen molar-refractivity contribution in [3.8, 4) is 5.75 Å². The van der Waals surface area contributed by atoms with E-state index in [4.69, 9.17) is 4.74 Å². The first-order chi connectivity index (χ1) is 11.6. The van der Waals surface area contributed by atoms with Gasteiger partial charge in [-0.1, -0.05) is 24.3 Å². The van der Waals surface area contributed by atoms with Crippen LogP contribution in [0.25, 0.3) is 0 Å². The number of ether oxygens (including phenoxy) is 1. The molecule has 3 rings (SSSR count). The maximum atomic E-state index is 12.1. The number of hydrogen-bond donors (Lipinski definition) is 2. The summed E-state index contributed by atoms with van der Waals surface area (Å²) in [4.78, 5) is 14.3. The molecule has 1 aromatic heterocycles. The predicted molar refractivity (Wildman–Crippen MR) is 96.2 cm³/mol. The monoisotopic (exact) mass is 347 g/mol. The Morgan fingerprint density at radius 3 is 3.04 bits per heavy atom. The largest absolute Gasteiger partial charge is 0.497 e. The number of nitrogens with zero attached hydrogens (tertiary/aromatic N) is 3. The predicted octanol–water partition coefficient (Wildman–Crippen LogP) is 3.43. The molecule has 8 heteroatoms. The number of anilines is 3. The lowest BCUT2D eigenvalue weighted by atomic mass is 10.0. The van der Waals surface area contributed by atoms with Crippen LogP contribution < -0.4 is 20.3 Å². The highest BCUT2D eigenvalue weighted by Gasteiger charge is 2.20. The zero-order valence-electron chi connectivity index (χ0n) is 13.8. The number of aromatic nitrogens is 2. The number of carbonyl (C=O) groups is 1. The molecule has 0 radical (unpaired) electrons. The minimum atomic E-state index is -0.349. The molecule has 128 valence electrons. The van der Waals surface area contributed by atoms with Crippen molar-refractivity contribution in [1.82, 2.24) is 10.2 Å². The van der Waals surface area contributed by atoms with Crippen LogP contribution in [0.3, 0.4) is 0 Å². The van der Waals surface area contributed by atoms with Gasteiger partial charge >= 0.3 is 6.03 Å². The number of piperidine rings is 1. The van der Waals surface area contributed by atoms with Crippen LogP contribution in [-0.4, -0.2) is 36.4 Å². The second-order valence-corrected chi connectivity index (χ2v) is 6.85. The SMILES string of the molecule is COc1cccc(NC(=O)Nc2nnc(N3CCCC(C)C3)s2)c1. The first kappa shape index (κ1) is 16.5. The highest BCUT2D eigenvalue weighted by Crippen LogP contribution is 2.28. The molecule has 0 aliphatic carbocycles. The molecule has 2 N–H and O–H groups in total. The van der Waals surface area contributed by atoms with Gasteiger partial charge in [0.1, 0.15) is 5.75 Å². The molecular weight excluding hydrogens is 326 g/mol. The lowest BCUT2D eigenvalue weighted by molar-refractivity contribution is 0.262. The van der Waals surface area contributed by atoms with Gasteiger partial charge in [-0.2, -0.15) is 0 Å². The van der Waals surface area contributed by atoms with Crippen molar-refractivity contribution in [2.45, 2.75) is 19.8 Å². The minimum Gasteiger partial charge on any atom is -0.497 e. The molecule has 2 amide bonds. The van der Waals surface area contributed by atoms with Gasteiger partial charge in [0.15, 0.2) is 0 Å². The Labute approximate surface area is 145 Å². The van der Waals surface area contributed by atoms with Crippen molar-refractivity contribution < 1.29 is 9.53 Å². The lowest BCUT2D eigenvalue weighted by Gasteiger charge is -2.29. The molecule has 0 bridgehead atoms. The third-order valence-corrected chi connectivity index (χ3v) is 4.79. The number of nitrogens with one attached hydrogen (secondary N) is 2. The molecule has 2 heterocycles. The fourth-order valence-corrected chi connectivity index (χ4v) is 3.49. The molecule has 1 unspecified atom stereocenters. The molecule has 1 aliphatic rings. The number of methoxy groups -OCH3 is 1. The molecular formula is C16H21N5O2S. The normalized spacial score (nSPS) is 17.4. The Morgan fingerprint density at radius 1 is 1.38 bits per heavy atom. The van der Waals surface area contributed by atoms with Crippen molar-refractivity contribution in [2.75, 3.05) is 35.7 Å². The van der Waals surface area contributed by atoms with Crippen molar-refractivity contribution in [3.05, 3.63) is 24.3 Å². The van der Waals surface area contributed by atoms with Gasteiger partial charge in [-0.15, -0.1) is 10.2 Å². The van der Waals surface area contributed by atoms with E-state index in [0.29, 0.717) is 22.5 Å². The molecule has 0 saturated carbocycles. The van der Waals surface area contributed by atoms with E-state index >= 15 is 0 Å². The van der Waals surface area contributed by atoms with Crippen LogP contribution in [0.1, 0.15) is 19.8 Å². The summed E-state index contributed by atoms with van der Waals surface area (Å²) < 4.78 is 5.14. The van der Waals surface area contributed by atoms with E-state index in [1.54, 1.807) is 19.2 Å². The Bertz CT molecular complexity index is 705. The molecule has 1 aliphatic heterocycles. The van der Waals surface area contributed by atoms with Crippen LogP contribution in [0.15, 0.2) is 24.3 Å². The zero-order chi connectivity index (χ0) is 16.9. The summed E-state index contributed by atoms with van der Waals surface area (Å²) in [6.45, 7) is 4.23. The van der Waals surface area contributed by atoms with Gasteiger partial charge < -0.3 is 15.0 Å². The Morgan fingerprint density at radius 2 is 2.25 bits per heavy atom. The smallest absolute Gasteiger partial charge is 0.325 e. The van der Waals surface area contributed by atoms with E-state index < -0.39 is 0 Å². The van der Waals surface area contributed by atoms with Gasteiger partial charge in [0.05, 0.1) is 7.11 Å². The van der Waals surface area contributed by atoms with Gasteiger partial charge in [-0.3, -0.25) is 5.32 Å². The number of amides is 2. The van der Waals surface area contributed by atoms with E-state index in [2.05, 4.69) is 32.7 Å². The van der Waals surface area contributed by atoms with Gasteiger partial charge in [0.25, 0.3) is 0 Å². The van der Waals surface area contributed by atoms with E-state index in [1.807, 2.05) is 12.1 Å². The molecule has 1 aromatic carbocycles. The lowest BCUT2D eigenvalue weighted by Crippen LogP contribution is -2.34. The first-order valence-corrected chi connectivity index (χ1v) is 8.76. The van der Waals surface area contributed by atoms with E-state index in [9.17, 15) is 4.79 Å². The van der Waals surface area contributed by atoms with Crippen molar-refractivity contribution in [1.29, 1.82) is 0 Å². The fourth-order valence-electron chi connectivity index (χ4n) is 2.72. The number of carbonyl (C=O) groups excluding carboxylic acids is 1. The number of benzene rings is 1. The molecule has 1 fully saturated rings. The molecule has 1 saturated heterocycles. The second kappa shape index (κ2) is 7.48. The quantitative estimate of drug-likeness (QED) is 0.886. The van der Waals surface area contributed by atoms with Gasteiger partial charge in [-0.05, 0) is 30.9 Å². The zero-order valence-corrected chi connectivity index (χ0v) is 14.6. The second-order valence-electron chi connectivity index (χ2n) is 5.89. The summed E-state index contributed by atoms with van der Waals surface area (Å²) >= 11 is 1.40. The summed E-state index contributed by atoms with van der Waals surface area (Å²) in [5, 5.41) is 15.1. The van der Waals surface area contributed by atoms with Gasteiger partial charge in [0, 0.05) is 24.8 Å². The van der Waals surface area contributed by atoms with Crippen molar-refractivity contribution in [3.63, 3.8) is 0 Å². The summed E-state index contributed by atoms with van der Waals surface area (Å²) in [5.41, 5.74) is 0.654. The third-order valence-electron chi connectivity index (χ3n) is 3.89. The Hall–Kier alpha value is -2.35. The Kier molecular flexibility index (Phi) is 5.14. The van der Waals surface area contributed by atoms with Gasteiger partial charge in [0.2, 0.25) is 10.3 Å². The maximum absolute atomic E-state index is 12.1. The van der Waals surface area contributed by atoms with Crippen LogP contribution in [0.2, 0.25) is 0 Å². The van der Waals surface area contributed by atoms with E-state index in [1.165, 1.54) is 24.2 Å². The summed E-state index contributed by atoms with van der Waals surface area (Å²) in [5.74, 6) is 1.35. The summed E-state index contributed by atoms with van der Waals surface area (Å²) in [6, 6.07) is 6.83. The van der Waals surface area contributed by atoms with Crippen molar-refractivity contribution >= 4 is 33.3 Å². The fraction of sp³-hybridized carbons (Fsp3) is 0.438. The van der Waals surface area contributed by atoms with Crippen LogP contribution >= 0.6 is 11.3 Å². The molecule has 1 atom stereocenters. The highest BCUT2D eigenvalue weighted by atomic mass is 32.1. The molecule has 2 aromatic rings. The van der Waals surface area contributed by atoms with Gasteiger partial charge in [-0.25, -0.2) is 4.79 Å². The molecule has 0 spiro atoms. The third kappa shape index (κ3) is 4.14. The topological polar surface area (TPSA) is 79.4 Å². The van der Waals surface area contributed by atoms with Crippen LogP contribution in [-0.2, 0) is 0 Å². The average molecular weight is 347 g/mol. The first-order valence-electron chi connectivity index (χ1n) is 7.94. The molecule has 7 nitrogen and oxygen atoms in total. The van der Waals surface area contributed by atoms with Crippen LogP contribution in [0.5, 0.6) is 5.75 Å². The maximum Gasteiger partial charge on any atom is 0.325 e. The van der Waals surface area contributed by atoms with Crippen LogP contribution in [0.4, 0.5) is 20.7 Å². The number of urea groups is 1. The summed E-state index contributed by atoms with van der Waals surface area (Å²) in [6.07, 6.45) is 2.42. The number of rotatable bonds is 4. The average Bonchev–Trinajstić information content (AvgIpc) is 3.03. The van der Waals surface area contributed by atoms with Crippen molar-refractivity contribution in [2.24, 2.45) is 5.92 Å². The molecule has 24 heavy (non-hydrogen) atoms. The standard InChI is InChI=1S/C16H21N5O2S/c1-11-5-4-8-21(10-11)16-20-19-15(24-16)18-14(22)17-12-6-3-7-13(9-12)23-2/h3,6-7,9,11H,4-5,8,10H2,1-2H3,(H2,17,18,19,22). The number of hydrogen-bond acceptors (Lipinski definition) is 6. The van der Waals surface area contributed by atoms with E-state index in [0.717, 1.165) is 18.2 Å². The minimum absolute atomic E-state index is 0.349. The highest BCUT2D eigenvalue weighted by molar-refractivity contribution is 7.19.